The molecule has 0 aliphatic rings. The minimum Gasteiger partial charge on any atom is -0.456 e. The predicted molar refractivity (Wildman–Crippen MR) is 65.9 cm³/mol. The lowest BCUT2D eigenvalue weighted by Crippen LogP contribution is -2.45. The van der Waals surface area contributed by atoms with Crippen LogP contribution in [0.3, 0.4) is 0 Å². The molecular formula is C11H6F6N2O6. The lowest BCUT2D eigenvalue weighted by Gasteiger charge is -2.22. The zero-order valence-electron chi connectivity index (χ0n) is 11.6. The molecule has 0 N–H and O–H groups in total. The molecule has 1 rings (SSSR count). The Morgan fingerprint density at radius 3 is 1.84 bits per heavy atom. The van der Waals surface area contributed by atoms with Crippen LogP contribution in [0.5, 0.6) is 0 Å². The van der Waals surface area contributed by atoms with Crippen LogP contribution in [-0.4, -0.2) is 40.7 Å². The highest BCUT2D eigenvalue weighted by atomic mass is 19.4. The highest BCUT2D eigenvalue weighted by Crippen LogP contribution is 2.35. The number of alkyl halides is 6. The number of ether oxygens (including phenoxy) is 1. The van der Waals surface area contributed by atoms with E-state index in [1.807, 2.05) is 0 Å². The van der Waals surface area contributed by atoms with E-state index in [1.54, 1.807) is 0 Å². The van der Waals surface area contributed by atoms with Gasteiger partial charge in [-0.3, -0.25) is 20.2 Å². The number of non-ortho nitro benzene ring substituents is 2. The van der Waals surface area contributed by atoms with Gasteiger partial charge in [-0.25, -0.2) is 9.18 Å². The van der Waals surface area contributed by atoms with Gasteiger partial charge in [-0.15, -0.1) is 0 Å². The van der Waals surface area contributed by atoms with E-state index >= 15 is 0 Å². The maximum atomic E-state index is 13.0. The van der Waals surface area contributed by atoms with Crippen LogP contribution < -0.4 is 0 Å². The van der Waals surface area contributed by atoms with Crippen molar-refractivity contribution < 1.29 is 45.7 Å². The van der Waals surface area contributed by atoms with Crippen LogP contribution in [0, 0.1) is 20.2 Å². The van der Waals surface area contributed by atoms with Crippen LogP contribution in [0.15, 0.2) is 18.2 Å². The number of nitro benzene ring substituents is 2. The smallest absolute Gasteiger partial charge is 0.425 e. The average molecular weight is 376 g/mol. The van der Waals surface area contributed by atoms with Crippen LogP contribution in [0.2, 0.25) is 0 Å². The fourth-order valence-corrected chi connectivity index (χ4v) is 1.48. The number of nitro groups is 2. The summed E-state index contributed by atoms with van der Waals surface area (Å²) in [6.45, 7) is -2.33. The second-order valence-electron chi connectivity index (χ2n) is 4.49. The first kappa shape index (κ1) is 20.1. The van der Waals surface area contributed by atoms with E-state index in [-0.39, 0.29) is 0 Å². The van der Waals surface area contributed by atoms with Crippen molar-refractivity contribution >= 4 is 17.3 Å². The molecule has 0 saturated carbocycles. The number of benzene rings is 1. The quantitative estimate of drug-likeness (QED) is 0.326. The van der Waals surface area contributed by atoms with Gasteiger partial charge >= 0.3 is 18.1 Å². The van der Waals surface area contributed by atoms with Gasteiger partial charge in [0.15, 0.2) is 6.61 Å². The van der Waals surface area contributed by atoms with Crippen molar-refractivity contribution in [1.82, 2.24) is 0 Å². The van der Waals surface area contributed by atoms with Gasteiger partial charge in [0.05, 0.1) is 21.5 Å². The largest absolute Gasteiger partial charge is 0.456 e. The molecular weight excluding hydrogens is 370 g/mol. The molecule has 0 aromatic heterocycles. The molecule has 1 unspecified atom stereocenters. The molecule has 25 heavy (non-hydrogen) atoms. The van der Waals surface area contributed by atoms with E-state index in [2.05, 4.69) is 4.74 Å². The molecule has 8 nitrogen and oxygen atoms in total. The number of halogens is 6. The summed E-state index contributed by atoms with van der Waals surface area (Å²) in [6, 6.07) is 1.29. The predicted octanol–water partition coefficient (Wildman–Crippen LogP) is 3.20. The first-order valence-electron chi connectivity index (χ1n) is 5.95. The lowest BCUT2D eigenvalue weighted by molar-refractivity contribution is -0.394. The molecule has 0 bridgehead atoms. The summed E-state index contributed by atoms with van der Waals surface area (Å²) in [4.78, 5) is 30.4. The molecule has 0 aliphatic heterocycles. The summed E-state index contributed by atoms with van der Waals surface area (Å²) in [5.41, 5.74) is -2.88. The summed E-state index contributed by atoms with van der Waals surface area (Å²) in [5, 5.41) is 21.2. The molecule has 0 heterocycles. The standard InChI is InChI=1S/C11H6F6N2O6/c12-9(11(15,16)17)10(13,14)4-25-8(20)5-1-6(18(21)22)3-7(2-5)19(23)24/h1-3,9H,4H2. The number of hydrogen-bond donors (Lipinski definition) is 0. The third-order valence-corrected chi connectivity index (χ3v) is 2.61. The molecule has 1 atom stereocenters. The number of nitrogens with zero attached hydrogens (tertiary/aromatic N) is 2. The van der Waals surface area contributed by atoms with E-state index in [4.69, 9.17) is 0 Å². The van der Waals surface area contributed by atoms with Crippen molar-refractivity contribution in [2.45, 2.75) is 18.3 Å². The summed E-state index contributed by atoms with van der Waals surface area (Å²) < 4.78 is 78.3. The Hall–Kier alpha value is -2.93. The van der Waals surface area contributed by atoms with E-state index in [0.29, 0.717) is 18.2 Å². The number of esters is 1. The van der Waals surface area contributed by atoms with E-state index in [9.17, 15) is 51.4 Å². The van der Waals surface area contributed by atoms with Crippen molar-refractivity contribution in [3.05, 3.63) is 44.0 Å². The second-order valence-corrected chi connectivity index (χ2v) is 4.49. The molecule has 0 radical (unpaired) electrons. The van der Waals surface area contributed by atoms with E-state index < -0.39 is 57.6 Å². The van der Waals surface area contributed by atoms with Crippen molar-refractivity contribution in [2.24, 2.45) is 0 Å². The van der Waals surface area contributed by atoms with Crippen LogP contribution in [0.1, 0.15) is 10.4 Å². The molecule has 0 aliphatic carbocycles. The minimum absolute atomic E-state index is 0.421. The van der Waals surface area contributed by atoms with Crippen molar-refractivity contribution in [1.29, 1.82) is 0 Å². The monoisotopic (exact) mass is 376 g/mol. The molecule has 0 saturated heterocycles. The molecule has 1 aromatic rings. The maximum Gasteiger partial charge on any atom is 0.425 e. The third-order valence-electron chi connectivity index (χ3n) is 2.61. The Labute approximate surface area is 133 Å². The number of carbonyl (C=O) groups is 1. The fraction of sp³-hybridized carbons (Fsp3) is 0.364. The van der Waals surface area contributed by atoms with E-state index in [0.717, 1.165) is 0 Å². The molecule has 0 amide bonds. The molecule has 1 aromatic carbocycles. The van der Waals surface area contributed by atoms with Crippen molar-refractivity contribution in [3.63, 3.8) is 0 Å². The van der Waals surface area contributed by atoms with Gasteiger partial charge in [0.1, 0.15) is 0 Å². The summed E-state index contributed by atoms with van der Waals surface area (Å²) in [6.07, 6.45) is -10.5. The fourth-order valence-electron chi connectivity index (χ4n) is 1.48. The second kappa shape index (κ2) is 6.90. The molecule has 14 heteroatoms. The first-order valence-corrected chi connectivity index (χ1v) is 5.95. The topological polar surface area (TPSA) is 113 Å². The zero-order chi connectivity index (χ0) is 19.6. The lowest BCUT2D eigenvalue weighted by atomic mass is 10.1. The molecule has 0 fully saturated rings. The number of hydrogen-bond acceptors (Lipinski definition) is 6. The van der Waals surface area contributed by atoms with Gasteiger partial charge in [0.2, 0.25) is 0 Å². The molecule has 0 spiro atoms. The van der Waals surface area contributed by atoms with Gasteiger partial charge < -0.3 is 4.74 Å². The minimum atomic E-state index is -5.92. The normalized spacial score (nSPS) is 13.2. The Morgan fingerprint density at radius 2 is 1.48 bits per heavy atom. The average Bonchev–Trinajstić information content (AvgIpc) is 2.50. The first-order chi connectivity index (χ1) is 11.3. The van der Waals surface area contributed by atoms with E-state index in [1.165, 1.54) is 0 Å². The maximum absolute atomic E-state index is 13.0. The summed E-state index contributed by atoms with van der Waals surface area (Å²) in [7, 11) is 0. The van der Waals surface area contributed by atoms with Crippen LogP contribution >= 0.6 is 0 Å². The highest BCUT2D eigenvalue weighted by Gasteiger charge is 2.57. The van der Waals surface area contributed by atoms with Crippen LogP contribution in [0.25, 0.3) is 0 Å². The van der Waals surface area contributed by atoms with Gasteiger partial charge in [-0.2, -0.15) is 22.0 Å². The highest BCUT2D eigenvalue weighted by molar-refractivity contribution is 5.91. The SMILES string of the molecule is O=C(OCC(F)(F)C(F)C(F)(F)F)c1cc([N+](=O)[O-])cc([N+](=O)[O-])c1. The summed E-state index contributed by atoms with van der Waals surface area (Å²) in [5.74, 6) is -6.96. The van der Waals surface area contributed by atoms with Crippen LogP contribution in [0.4, 0.5) is 37.7 Å². The van der Waals surface area contributed by atoms with Gasteiger partial charge in [-0.05, 0) is 0 Å². The Balaban J connectivity index is 3.01. The Kier molecular flexibility index (Phi) is 5.55. The van der Waals surface area contributed by atoms with Gasteiger partial charge in [0, 0.05) is 12.1 Å². The van der Waals surface area contributed by atoms with Crippen molar-refractivity contribution in [2.75, 3.05) is 6.61 Å². The number of carbonyl (C=O) groups excluding carboxylic acids is 1. The van der Waals surface area contributed by atoms with Crippen molar-refractivity contribution in [3.8, 4) is 0 Å². The van der Waals surface area contributed by atoms with Crippen LogP contribution in [-0.2, 0) is 4.74 Å². The Morgan fingerprint density at radius 1 is 1.04 bits per heavy atom. The van der Waals surface area contributed by atoms with Gasteiger partial charge in [-0.1, -0.05) is 0 Å². The third kappa shape index (κ3) is 5.02. The number of rotatable bonds is 6. The molecule has 138 valence electrons. The van der Waals surface area contributed by atoms with Gasteiger partial charge in [0.25, 0.3) is 17.5 Å². The zero-order valence-corrected chi connectivity index (χ0v) is 11.6. The Bertz CT molecular complexity index is 675. The summed E-state index contributed by atoms with van der Waals surface area (Å²) >= 11 is 0.